The Kier molecular flexibility index (Phi) is 20.9. The highest BCUT2D eigenvalue weighted by atomic mass is 14.7. The molecule has 3 unspecified atom stereocenters. The van der Waals surface area contributed by atoms with Crippen molar-refractivity contribution < 1.29 is 0 Å². The molecule has 0 aromatic heterocycles. The van der Waals surface area contributed by atoms with Crippen LogP contribution in [-0.2, 0) is 0 Å². The van der Waals surface area contributed by atoms with Crippen LogP contribution in [0.2, 0.25) is 0 Å². The van der Waals surface area contributed by atoms with Crippen LogP contribution in [-0.4, -0.2) is 0 Å². The van der Waals surface area contributed by atoms with Crippen molar-refractivity contribution in [2.24, 2.45) is 45.3 Å². The Balaban J connectivity index is 8.05. The molecule has 0 N–H and O–H groups in total. The fourth-order valence-electron chi connectivity index (χ4n) is 10.7. The zero-order chi connectivity index (χ0) is 32.5. The van der Waals surface area contributed by atoms with E-state index in [0.29, 0.717) is 22.2 Å². The Hall–Kier alpha value is 0. The van der Waals surface area contributed by atoms with Crippen molar-refractivity contribution in [3.63, 3.8) is 0 Å². The van der Waals surface area contributed by atoms with Crippen LogP contribution >= 0.6 is 0 Å². The minimum atomic E-state index is 0.262. The standard InChI is InChI=1S/C42H86/c1-15-20-23-24-28-38(29-26-27-35(6)7)41(34-36(8)9,32-25-21-16-2)42(33-22-17-3,39(12,13)14)40(30-18-4,31-19-5)37(10)11/h35-38H,15-34H2,1-14H3. The summed E-state index contributed by atoms with van der Waals surface area (Å²) in [6.45, 7) is 35.8. The summed E-state index contributed by atoms with van der Waals surface area (Å²) in [7, 11) is 0. The van der Waals surface area contributed by atoms with Gasteiger partial charge in [0.2, 0.25) is 0 Å². The second kappa shape index (κ2) is 20.9. The maximum absolute atomic E-state index is 2.72. The second-order valence-corrected chi connectivity index (χ2v) is 17.2. The summed E-state index contributed by atoms with van der Waals surface area (Å²) in [5.41, 5.74) is 1.36. The minimum absolute atomic E-state index is 0.262. The van der Waals surface area contributed by atoms with Crippen molar-refractivity contribution in [1.82, 2.24) is 0 Å². The second-order valence-electron chi connectivity index (χ2n) is 17.2. The first-order valence-corrected chi connectivity index (χ1v) is 19.7. The highest BCUT2D eigenvalue weighted by Gasteiger charge is 2.67. The molecule has 0 aromatic carbocycles. The molecule has 0 nitrogen and oxygen atoms in total. The number of hydrogen-bond donors (Lipinski definition) is 0. The van der Waals surface area contributed by atoms with Gasteiger partial charge < -0.3 is 0 Å². The van der Waals surface area contributed by atoms with Gasteiger partial charge in [0.15, 0.2) is 0 Å². The summed E-state index contributed by atoms with van der Waals surface area (Å²) in [4.78, 5) is 0. The highest BCUT2D eigenvalue weighted by molar-refractivity contribution is 5.15. The molecule has 42 heavy (non-hydrogen) atoms. The summed E-state index contributed by atoms with van der Waals surface area (Å²) in [5.74, 6) is 3.11. The predicted octanol–water partition coefficient (Wildman–Crippen LogP) is 15.5. The molecule has 0 rings (SSSR count). The molecule has 0 bridgehead atoms. The van der Waals surface area contributed by atoms with Gasteiger partial charge in [0, 0.05) is 0 Å². The normalized spacial score (nSPS) is 16.8. The van der Waals surface area contributed by atoms with Crippen LogP contribution in [0.3, 0.4) is 0 Å². The van der Waals surface area contributed by atoms with Crippen molar-refractivity contribution in [1.29, 1.82) is 0 Å². The van der Waals surface area contributed by atoms with Crippen LogP contribution in [0.1, 0.15) is 225 Å². The van der Waals surface area contributed by atoms with Crippen molar-refractivity contribution in [3.8, 4) is 0 Å². The first-order valence-electron chi connectivity index (χ1n) is 19.7. The van der Waals surface area contributed by atoms with Crippen LogP contribution in [0.25, 0.3) is 0 Å². The third kappa shape index (κ3) is 10.8. The molecule has 0 aliphatic heterocycles. The summed E-state index contributed by atoms with van der Waals surface area (Å²) in [5, 5.41) is 0. The molecule has 254 valence electrons. The summed E-state index contributed by atoms with van der Waals surface area (Å²) < 4.78 is 0. The van der Waals surface area contributed by atoms with Gasteiger partial charge in [0.05, 0.1) is 0 Å². The van der Waals surface area contributed by atoms with Crippen LogP contribution in [0.15, 0.2) is 0 Å². The van der Waals surface area contributed by atoms with Gasteiger partial charge in [0.25, 0.3) is 0 Å². The molecule has 0 aliphatic rings. The maximum atomic E-state index is 2.72. The monoisotopic (exact) mass is 591 g/mol. The molecule has 0 heteroatoms. The van der Waals surface area contributed by atoms with Gasteiger partial charge >= 0.3 is 0 Å². The van der Waals surface area contributed by atoms with E-state index in [4.69, 9.17) is 0 Å². The molecule has 0 saturated carbocycles. The smallest absolute Gasteiger partial charge is 0.0131 e. The molecule has 0 amide bonds. The molecule has 0 heterocycles. The Bertz CT molecular complexity index is 627. The fourth-order valence-corrected chi connectivity index (χ4v) is 10.7. The van der Waals surface area contributed by atoms with E-state index in [1.807, 2.05) is 0 Å². The lowest BCUT2D eigenvalue weighted by atomic mass is 9.33. The lowest BCUT2D eigenvalue weighted by molar-refractivity contribution is -0.231. The molecular formula is C42H86. The summed E-state index contributed by atoms with van der Waals surface area (Å²) in [6.07, 6.45) is 28.0. The first kappa shape index (κ1) is 42.0. The molecule has 0 spiro atoms. The number of hydrogen-bond acceptors (Lipinski definition) is 0. The van der Waals surface area contributed by atoms with Crippen LogP contribution in [0.5, 0.6) is 0 Å². The van der Waals surface area contributed by atoms with Gasteiger partial charge in [-0.1, -0.05) is 180 Å². The average molecular weight is 591 g/mol. The average Bonchev–Trinajstić information content (AvgIpc) is 2.89. The molecular weight excluding hydrogens is 504 g/mol. The molecule has 0 radical (unpaired) electrons. The molecule has 0 aliphatic carbocycles. The molecule has 0 fully saturated rings. The largest absolute Gasteiger partial charge is 0.0654 e. The lowest BCUT2D eigenvalue weighted by Crippen LogP contribution is -2.65. The fraction of sp³-hybridized carbons (Fsp3) is 1.00. The van der Waals surface area contributed by atoms with E-state index in [0.717, 1.165) is 17.8 Å². The van der Waals surface area contributed by atoms with Crippen LogP contribution in [0.4, 0.5) is 0 Å². The maximum Gasteiger partial charge on any atom is -0.0131 e. The van der Waals surface area contributed by atoms with Crippen LogP contribution < -0.4 is 0 Å². The predicted molar refractivity (Wildman–Crippen MR) is 195 cm³/mol. The number of unbranched alkanes of at least 4 members (excludes halogenated alkanes) is 6. The molecule has 0 saturated heterocycles. The van der Waals surface area contributed by atoms with E-state index >= 15 is 0 Å². The lowest BCUT2D eigenvalue weighted by Gasteiger charge is -2.71. The minimum Gasteiger partial charge on any atom is -0.0654 e. The van der Waals surface area contributed by atoms with Crippen molar-refractivity contribution in [2.75, 3.05) is 0 Å². The summed E-state index contributed by atoms with van der Waals surface area (Å²) >= 11 is 0. The van der Waals surface area contributed by atoms with Crippen molar-refractivity contribution in [2.45, 2.75) is 225 Å². The molecule has 0 aromatic rings. The Morgan fingerprint density at radius 3 is 1.38 bits per heavy atom. The SMILES string of the molecule is CCCCCCC(CCCC(C)C)C(CCCCC)(CC(C)C)C(CCCC)(C(C)(C)C)C(CCC)(CCC)C(C)C. The van der Waals surface area contributed by atoms with Crippen molar-refractivity contribution >= 4 is 0 Å². The van der Waals surface area contributed by atoms with Gasteiger partial charge in [-0.05, 0) is 90.3 Å². The van der Waals surface area contributed by atoms with Gasteiger partial charge in [-0.15, -0.1) is 0 Å². The third-order valence-corrected chi connectivity index (χ3v) is 11.9. The van der Waals surface area contributed by atoms with E-state index in [2.05, 4.69) is 96.9 Å². The zero-order valence-electron chi connectivity index (χ0n) is 32.5. The Labute approximate surface area is 270 Å². The quantitative estimate of drug-likeness (QED) is 0.0879. The van der Waals surface area contributed by atoms with Gasteiger partial charge in [0.1, 0.15) is 0 Å². The van der Waals surface area contributed by atoms with Gasteiger partial charge in [-0.3, -0.25) is 0 Å². The van der Waals surface area contributed by atoms with E-state index in [1.165, 1.54) is 128 Å². The van der Waals surface area contributed by atoms with Gasteiger partial charge in [-0.25, -0.2) is 0 Å². The Morgan fingerprint density at radius 2 is 0.952 bits per heavy atom. The third-order valence-electron chi connectivity index (χ3n) is 11.9. The van der Waals surface area contributed by atoms with Crippen molar-refractivity contribution in [3.05, 3.63) is 0 Å². The first-order chi connectivity index (χ1) is 19.7. The topological polar surface area (TPSA) is 0 Å². The molecule has 3 atom stereocenters. The number of rotatable bonds is 26. The van der Waals surface area contributed by atoms with E-state index in [9.17, 15) is 0 Å². The highest BCUT2D eigenvalue weighted by Crippen LogP contribution is 2.74. The van der Waals surface area contributed by atoms with E-state index < -0.39 is 0 Å². The Morgan fingerprint density at radius 1 is 0.429 bits per heavy atom. The van der Waals surface area contributed by atoms with Crippen LogP contribution in [0, 0.1) is 45.3 Å². The zero-order valence-corrected chi connectivity index (χ0v) is 32.5. The van der Waals surface area contributed by atoms with E-state index in [1.54, 1.807) is 0 Å². The summed E-state index contributed by atoms with van der Waals surface area (Å²) in [6, 6.07) is 0. The van der Waals surface area contributed by atoms with E-state index in [-0.39, 0.29) is 5.41 Å². The van der Waals surface area contributed by atoms with Gasteiger partial charge in [-0.2, -0.15) is 0 Å².